The van der Waals surface area contributed by atoms with E-state index in [-0.39, 0.29) is 12.5 Å². The summed E-state index contributed by atoms with van der Waals surface area (Å²) in [5, 5.41) is 54.4. The Bertz CT molecular complexity index is 997. The molecule has 0 aromatic carbocycles. The molecule has 1 rings (SSSR count). The molecule has 0 bridgehead atoms. The second kappa shape index (κ2) is 44.7. The monoisotopic (exact) mass is 896 g/mol. The van der Waals surface area contributed by atoms with Gasteiger partial charge < -0.3 is 40.3 Å². The molecule has 9 nitrogen and oxygen atoms in total. The highest BCUT2D eigenvalue weighted by atomic mass is 16.7. The molecule has 0 aliphatic carbocycles. The van der Waals surface area contributed by atoms with Crippen LogP contribution in [0.1, 0.15) is 271 Å². The third-order valence-corrected chi connectivity index (χ3v) is 13.4. The lowest BCUT2D eigenvalue weighted by molar-refractivity contribution is -0.302. The van der Waals surface area contributed by atoms with E-state index in [9.17, 15) is 30.3 Å². The SMILES string of the molecule is CCCCCCCCCCCCCCC/C=C/[C@@H](O)[C@H](CO[C@@H]1O[C@H](CO)[C@H](O)C(O)C1O)NC(=O)CCCCCCCCCCCCCCCCCCCCCCCCCCC. The fourth-order valence-corrected chi connectivity index (χ4v) is 8.98. The first-order valence-corrected chi connectivity index (χ1v) is 27.4. The topological polar surface area (TPSA) is 149 Å². The van der Waals surface area contributed by atoms with Gasteiger partial charge in [-0.05, 0) is 19.3 Å². The van der Waals surface area contributed by atoms with Crippen LogP contribution >= 0.6 is 0 Å². The zero-order valence-electron chi connectivity index (χ0n) is 41.4. The summed E-state index contributed by atoms with van der Waals surface area (Å²) < 4.78 is 11.3. The van der Waals surface area contributed by atoms with E-state index in [1.165, 1.54) is 212 Å². The van der Waals surface area contributed by atoms with Gasteiger partial charge in [-0.25, -0.2) is 0 Å². The Kier molecular flexibility index (Phi) is 42.6. The number of carbonyl (C=O) groups excluding carboxylic acids is 1. The molecule has 9 heteroatoms. The van der Waals surface area contributed by atoms with Gasteiger partial charge in [-0.1, -0.05) is 257 Å². The summed E-state index contributed by atoms with van der Waals surface area (Å²) in [6.07, 6.45) is 47.0. The average Bonchev–Trinajstić information content (AvgIpc) is 3.28. The molecule has 63 heavy (non-hydrogen) atoms. The number of allylic oxidation sites excluding steroid dienone is 1. The zero-order chi connectivity index (χ0) is 45.9. The predicted octanol–water partition coefficient (Wildman–Crippen LogP) is 12.8. The summed E-state index contributed by atoms with van der Waals surface area (Å²) >= 11 is 0. The standard InChI is InChI=1S/C54H105NO8/c1-3-5-7-9-11-13-15-17-19-20-21-22-23-24-25-26-27-28-30-32-34-36-38-40-42-44-50(58)55-47(46-62-54-53(61)52(60)51(59)49(45-56)63-54)48(57)43-41-39-37-35-33-31-29-18-16-14-12-10-8-6-4-2/h41,43,47-49,51-54,56-57,59-61H,3-40,42,44-46H2,1-2H3,(H,55,58)/b43-41+/t47-,48+,49+,51-,52?,53?,54+/m0/s1. The van der Waals surface area contributed by atoms with E-state index >= 15 is 0 Å². The van der Waals surface area contributed by atoms with Crippen molar-refractivity contribution in [1.82, 2.24) is 5.32 Å². The zero-order valence-corrected chi connectivity index (χ0v) is 41.4. The minimum Gasteiger partial charge on any atom is -0.394 e. The van der Waals surface area contributed by atoms with E-state index in [2.05, 4.69) is 19.2 Å². The second-order valence-electron chi connectivity index (χ2n) is 19.4. The van der Waals surface area contributed by atoms with Gasteiger partial charge in [0.1, 0.15) is 24.4 Å². The van der Waals surface area contributed by atoms with Crippen LogP contribution in [0.2, 0.25) is 0 Å². The van der Waals surface area contributed by atoms with Gasteiger partial charge in [0.2, 0.25) is 5.91 Å². The fourth-order valence-electron chi connectivity index (χ4n) is 8.98. The maximum atomic E-state index is 13.0. The Balaban J connectivity index is 2.20. The minimum atomic E-state index is -1.56. The molecule has 0 aromatic rings. The molecule has 1 saturated heterocycles. The van der Waals surface area contributed by atoms with Crippen LogP contribution in [0.15, 0.2) is 12.2 Å². The van der Waals surface area contributed by atoms with Gasteiger partial charge in [0.15, 0.2) is 6.29 Å². The van der Waals surface area contributed by atoms with Gasteiger partial charge in [0.05, 0.1) is 25.4 Å². The van der Waals surface area contributed by atoms with Crippen molar-refractivity contribution in [3.05, 3.63) is 12.2 Å². The Morgan fingerprint density at radius 2 is 0.873 bits per heavy atom. The minimum absolute atomic E-state index is 0.171. The summed E-state index contributed by atoms with van der Waals surface area (Å²) in [5.41, 5.74) is 0. The van der Waals surface area contributed by atoms with E-state index in [0.717, 1.165) is 38.5 Å². The summed E-state index contributed by atoms with van der Waals surface area (Å²) in [6.45, 7) is 3.81. The fraction of sp³-hybridized carbons (Fsp3) is 0.944. The Labute approximate surface area is 388 Å². The van der Waals surface area contributed by atoms with Crippen LogP contribution in [0.4, 0.5) is 0 Å². The molecule has 0 spiro atoms. The van der Waals surface area contributed by atoms with Gasteiger partial charge >= 0.3 is 0 Å². The van der Waals surface area contributed by atoms with Crippen molar-refractivity contribution in [2.24, 2.45) is 0 Å². The van der Waals surface area contributed by atoms with E-state index in [1.807, 2.05) is 6.08 Å². The quantitative estimate of drug-likeness (QED) is 0.0261. The maximum absolute atomic E-state index is 13.0. The molecule has 0 radical (unpaired) electrons. The van der Waals surface area contributed by atoms with E-state index in [0.29, 0.717) is 6.42 Å². The van der Waals surface area contributed by atoms with Crippen LogP contribution < -0.4 is 5.32 Å². The Hall–Kier alpha value is -1.07. The van der Waals surface area contributed by atoms with Crippen LogP contribution in [0.25, 0.3) is 0 Å². The highest BCUT2D eigenvalue weighted by molar-refractivity contribution is 5.76. The molecule has 1 aliphatic rings. The van der Waals surface area contributed by atoms with Crippen LogP contribution in [-0.2, 0) is 14.3 Å². The first-order valence-electron chi connectivity index (χ1n) is 27.4. The van der Waals surface area contributed by atoms with Crippen molar-refractivity contribution in [1.29, 1.82) is 0 Å². The molecule has 0 aromatic heterocycles. The molecular weight excluding hydrogens is 791 g/mol. The number of aliphatic hydroxyl groups is 5. The lowest BCUT2D eigenvalue weighted by Crippen LogP contribution is -2.60. The number of hydrogen-bond acceptors (Lipinski definition) is 8. The molecule has 6 N–H and O–H groups in total. The van der Waals surface area contributed by atoms with Crippen molar-refractivity contribution in [3.8, 4) is 0 Å². The Morgan fingerprint density at radius 3 is 1.24 bits per heavy atom. The average molecular weight is 896 g/mol. The van der Waals surface area contributed by atoms with Crippen LogP contribution in [0.3, 0.4) is 0 Å². The largest absolute Gasteiger partial charge is 0.394 e. The molecular formula is C54H105NO8. The molecule has 374 valence electrons. The number of carbonyl (C=O) groups is 1. The number of unbranched alkanes of at least 4 members (excludes halogenated alkanes) is 37. The van der Waals surface area contributed by atoms with E-state index < -0.39 is 49.5 Å². The van der Waals surface area contributed by atoms with Crippen LogP contribution in [0.5, 0.6) is 0 Å². The number of aliphatic hydroxyl groups excluding tert-OH is 5. The summed E-state index contributed by atoms with van der Waals surface area (Å²) in [6, 6.07) is -0.799. The van der Waals surface area contributed by atoms with Crippen molar-refractivity contribution in [3.63, 3.8) is 0 Å². The molecule has 1 fully saturated rings. The third kappa shape index (κ3) is 34.8. The highest BCUT2D eigenvalue weighted by Gasteiger charge is 2.44. The van der Waals surface area contributed by atoms with E-state index in [4.69, 9.17) is 9.47 Å². The second-order valence-corrected chi connectivity index (χ2v) is 19.4. The highest BCUT2D eigenvalue weighted by Crippen LogP contribution is 2.23. The van der Waals surface area contributed by atoms with Crippen molar-refractivity contribution in [2.75, 3.05) is 13.2 Å². The van der Waals surface area contributed by atoms with Gasteiger partial charge in [-0.2, -0.15) is 0 Å². The summed E-state index contributed by atoms with van der Waals surface area (Å²) in [5.74, 6) is -0.171. The van der Waals surface area contributed by atoms with Gasteiger partial charge in [-0.3, -0.25) is 4.79 Å². The lowest BCUT2D eigenvalue weighted by Gasteiger charge is -2.40. The molecule has 0 saturated carbocycles. The maximum Gasteiger partial charge on any atom is 0.220 e. The lowest BCUT2D eigenvalue weighted by atomic mass is 9.99. The van der Waals surface area contributed by atoms with Gasteiger partial charge in [-0.15, -0.1) is 0 Å². The van der Waals surface area contributed by atoms with Crippen molar-refractivity contribution < 1.29 is 39.8 Å². The summed E-state index contributed by atoms with van der Waals surface area (Å²) in [4.78, 5) is 13.0. The van der Waals surface area contributed by atoms with Crippen molar-refractivity contribution in [2.45, 2.75) is 314 Å². The van der Waals surface area contributed by atoms with Gasteiger partial charge in [0, 0.05) is 6.42 Å². The summed E-state index contributed by atoms with van der Waals surface area (Å²) in [7, 11) is 0. The molecule has 1 amide bonds. The number of ether oxygens (including phenoxy) is 2. The number of amides is 1. The van der Waals surface area contributed by atoms with Gasteiger partial charge in [0.25, 0.3) is 0 Å². The first-order chi connectivity index (χ1) is 30.8. The van der Waals surface area contributed by atoms with Crippen molar-refractivity contribution >= 4 is 5.91 Å². The van der Waals surface area contributed by atoms with Crippen LogP contribution in [-0.4, -0.2) is 87.5 Å². The smallest absolute Gasteiger partial charge is 0.220 e. The van der Waals surface area contributed by atoms with E-state index in [1.54, 1.807) is 6.08 Å². The Morgan fingerprint density at radius 1 is 0.524 bits per heavy atom. The normalized spacial score (nSPS) is 20.1. The number of hydrogen-bond donors (Lipinski definition) is 6. The number of rotatable bonds is 47. The molecule has 7 atom stereocenters. The first kappa shape index (κ1) is 59.9. The third-order valence-electron chi connectivity index (χ3n) is 13.4. The van der Waals surface area contributed by atoms with Crippen LogP contribution in [0, 0.1) is 0 Å². The predicted molar refractivity (Wildman–Crippen MR) is 263 cm³/mol. The molecule has 2 unspecified atom stereocenters. The molecule has 1 heterocycles. The molecule has 1 aliphatic heterocycles. The number of nitrogens with one attached hydrogen (secondary N) is 1.